The fourth-order valence-electron chi connectivity index (χ4n) is 5.24. The molecule has 0 unspecified atom stereocenters. The van der Waals surface area contributed by atoms with Crippen molar-refractivity contribution in [2.75, 3.05) is 5.75 Å². The molecule has 30 heavy (non-hydrogen) atoms. The monoisotopic (exact) mass is 412 g/mol. The zero-order valence-corrected chi connectivity index (χ0v) is 18.0. The molecule has 0 aliphatic heterocycles. The van der Waals surface area contributed by atoms with Crippen LogP contribution in [0.1, 0.15) is 42.4 Å². The minimum absolute atomic E-state index is 0.0743. The Labute approximate surface area is 181 Å². The maximum Gasteiger partial charge on any atom is 0.263 e. The summed E-state index contributed by atoms with van der Waals surface area (Å²) in [6.45, 7) is 2.04. The first-order valence-corrected chi connectivity index (χ1v) is 11.5. The first kappa shape index (κ1) is 19.2. The highest BCUT2D eigenvalue weighted by Gasteiger charge is 2.44. The lowest BCUT2D eigenvalue weighted by Gasteiger charge is -2.36. The summed E-state index contributed by atoms with van der Waals surface area (Å²) in [7, 11) is 0. The summed E-state index contributed by atoms with van der Waals surface area (Å²) in [4.78, 5) is 19.3. The molecule has 2 aliphatic rings. The molecular formula is C26H24N2OS. The molecule has 0 N–H and O–H groups in total. The summed E-state index contributed by atoms with van der Waals surface area (Å²) in [5.74, 6) is 3.16. The van der Waals surface area contributed by atoms with Gasteiger partial charge in [0.1, 0.15) is 0 Å². The highest BCUT2D eigenvalue weighted by Crippen LogP contribution is 2.50. The molecule has 1 spiro atoms. The van der Waals surface area contributed by atoms with E-state index in [2.05, 4.69) is 24.1 Å². The topological polar surface area (TPSA) is 34.9 Å². The number of benzene rings is 2. The van der Waals surface area contributed by atoms with Gasteiger partial charge in [0.25, 0.3) is 5.56 Å². The number of para-hydroxylation sites is 1. The van der Waals surface area contributed by atoms with Crippen LogP contribution in [0.15, 0.2) is 58.5 Å². The smallest absolute Gasteiger partial charge is 0.263 e. The molecule has 150 valence electrons. The molecule has 1 aromatic heterocycles. The Morgan fingerprint density at radius 2 is 1.87 bits per heavy atom. The molecule has 0 saturated heterocycles. The van der Waals surface area contributed by atoms with Gasteiger partial charge in [0.05, 0.1) is 22.7 Å². The van der Waals surface area contributed by atoms with Crippen molar-refractivity contribution in [2.24, 2.45) is 0 Å². The molecule has 0 bridgehead atoms. The van der Waals surface area contributed by atoms with Crippen LogP contribution in [-0.2, 0) is 11.8 Å². The number of fused-ring (bicyclic) bond motifs is 4. The molecule has 3 nitrogen and oxygen atoms in total. The van der Waals surface area contributed by atoms with Crippen molar-refractivity contribution in [2.45, 2.75) is 49.6 Å². The second-order valence-electron chi connectivity index (χ2n) is 8.36. The van der Waals surface area contributed by atoms with Crippen LogP contribution >= 0.6 is 11.8 Å². The second kappa shape index (κ2) is 7.49. The van der Waals surface area contributed by atoms with Crippen molar-refractivity contribution >= 4 is 11.8 Å². The number of terminal acetylenes is 1. The van der Waals surface area contributed by atoms with E-state index in [0.29, 0.717) is 10.9 Å². The molecule has 3 aromatic rings. The first-order valence-electron chi connectivity index (χ1n) is 10.5. The van der Waals surface area contributed by atoms with Gasteiger partial charge in [-0.15, -0.1) is 6.42 Å². The number of rotatable bonds is 3. The van der Waals surface area contributed by atoms with Gasteiger partial charge < -0.3 is 0 Å². The summed E-state index contributed by atoms with van der Waals surface area (Å²) < 4.78 is 1.81. The van der Waals surface area contributed by atoms with E-state index < -0.39 is 0 Å². The van der Waals surface area contributed by atoms with E-state index in [9.17, 15) is 4.79 Å². The lowest BCUT2D eigenvalue weighted by atomic mass is 9.68. The van der Waals surface area contributed by atoms with Gasteiger partial charge in [0.2, 0.25) is 0 Å². The van der Waals surface area contributed by atoms with Crippen molar-refractivity contribution in [3.63, 3.8) is 0 Å². The molecule has 5 rings (SSSR count). The van der Waals surface area contributed by atoms with E-state index >= 15 is 0 Å². The van der Waals surface area contributed by atoms with Crippen LogP contribution in [0.4, 0.5) is 0 Å². The van der Waals surface area contributed by atoms with Gasteiger partial charge in [0, 0.05) is 11.0 Å². The number of hydrogen-bond donors (Lipinski definition) is 0. The SMILES string of the molecule is C#CCSc1nc2c(c(=O)n1-c1ccccc1C)C1(CCCC1)Cc1ccccc1-2. The number of hydrogen-bond acceptors (Lipinski definition) is 3. The van der Waals surface area contributed by atoms with Crippen molar-refractivity contribution in [3.05, 3.63) is 75.6 Å². The number of thioether (sulfide) groups is 1. The van der Waals surface area contributed by atoms with E-state index in [-0.39, 0.29) is 11.0 Å². The van der Waals surface area contributed by atoms with Crippen LogP contribution in [0.25, 0.3) is 16.9 Å². The largest absolute Gasteiger partial charge is 0.268 e. The minimum Gasteiger partial charge on any atom is -0.268 e. The molecule has 1 fully saturated rings. The van der Waals surface area contributed by atoms with Crippen LogP contribution in [0, 0.1) is 19.3 Å². The molecule has 1 saturated carbocycles. The van der Waals surface area contributed by atoms with Crippen LogP contribution < -0.4 is 5.56 Å². The summed E-state index contributed by atoms with van der Waals surface area (Å²) in [5, 5.41) is 0.677. The summed E-state index contributed by atoms with van der Waals surface area (Å²) >= 11 is 1.46. The predicted octanol–water partition coefficient (Wildman–Crippen LogP) is 5.30. The van der Waals surface area contributed by atoms with Crippen LogP contribution in [-0.4, -0.2) is 15.3 Å². The normalized spacial score (nSPS) is 16.1. The lowest BCUT2D eigenvalue weighted by Crippen LogP contribution is -2.40. The zero-order chi connectivity index (χ0) is 20.7. The molecule has 0 radical (unpaired) electrons. The third kappa shape index (κ3) is 2.92. The molecule has 1 heterocycles. The second-order valence-corrected chi connectivity index (χ2v) is 9.30. The van der Waals surface area contributed by atoms with Crippen LogP contribution in [0.3, 0.4) is 0 Å². The Bertz CT molecular complexity index is 1230. The van der Waals surface area contributed by atoms with Crippen molar-refractivity contribution in [1.82, 2.24) is 9.55 Å². The summed E-state index contributed by atoms with van der Waals surface area (Å²) in [6, 6.07) is 16.5. The Balaban J connectivity index is 1.86. The number of aryl methyl sites for hydroxylation is 1. The summed E-state index contributed by atoms with van der Waals surface area (Å²) in [6.07, 6.45) is 10.9. The third-order valence-corrected chi connectivity index (χ3v) is 7.43. The van der Waals surface area contributed by atoms with Crippen molar-refractivity contribution in [3.8, 4) is 29.3 Å². The predicted molar refractivity (Wildman–Crippen MR) is 123 cm³/mol. The fourth-order valence-corrected chi connectivity index (χ4v) is 5.92. The van der Waals surface area contributed by atoms with E-state index in [1.54, 1.807) is 0 Å². The molecular weight excluding hydrogens is 388 g/mol. The van der Waals surface area contributed by atoms with Gasteiger partial charge >= 0.3 is 0 Å². The van der Waals surface area contributed by atoms with E-state index in [1.165, 1.54) is 30.2 Å². The van der Waals surface area contributed by atoms with Gasteiger partial charge in [-0.25, -0.2) is 4.98 Å². The highest BCUT2D eigenvalue weighted by atomic mass is 32.2. The van der Waals surface area contributed by atoms with Crippen molar-refractivity contribution < 1.29 is 0 Å². The molecule has 4 heteroatoms. The third-order valence-electron chi connectivity index (χ3n) is 6.59. The Hall–Kier alpha value is -2.77. The van der Waals surface area contributed by atoms with Gasteiger partial charge in [-0.05, 0) is 43.4 Å². The van der Waals surface area contributed by atoms with Gasteiger partial charge in [-0.1, -0.05) is 73.0 Å². The maximum absolute atomic E-state index is 14.2. The van der Waals surface area contributed by atoms with E-state index in [4.69, 9.17) is 11.4 Å². The molecule has 0 atom stereocenters. The number of nitrogens with zero attached hydrogens (tertiary/aromatic N) is 2. The molecule has 2 aliphatic carbocycles. The highest BCUT2D eigenvalue weighted by molar-refractivity contribution is 7.99. The zero-order valence-electron chi connectivity index (χ0n) is 17.1. The van der Waals surface area contributed by atoms with Gasteiger partial charge in [-0.3, -0.25) is 9.36 Å². The van der Waals surface area contributed by atoms with E-state index in [0.717, 1.165) is 47.3 Å². The molecule has 2 aromatic carbocycles. The van der Waals surface area contributed by atoms with E-state index in [1.807, 2.05) is 41.8 Å². The standard InChI is InChI=1S/C26H24N2OS/c1-3-16-30-25-27-23-20-12-6-5-11-19(20)17-26(14-8-9-15-26)22(23)24(29)28(25)21-13-7-4-10-18(21)2/h1,4-7,10-13H,8-9,14-17H2,2H3. The average molecular weight is 413 g/mol. The Kier molecular flexibility index (Phi) is 4.79. The lowest BCUT2D eigenvalue weighted by molar-refractivity contribution is 0.422. The number of aromatic nitrogens is 2. The summed E-state index contributed by atoms with van der Waals surface area (Å²) in [5.41, 5.74) is 6.10. The van der Waals surface area contributed by atoms with Gasteiger partial charge in [0.15, 0.2) is 5.16 Å². The van der Waals surface area contributed by atoms with Crippen LogP contribution in [0.2, 0.25) is 0 Å². The average Bonchev–Trinajstić information content (AvgIpc) is 3.21. The van der Waals surface area contributed by atoms with Crippen LogP contribution in [0.5, 0.6) is 0 Å². The Morgan fingerprint density at radius 1 is 1.13 bits per heavy atom. The quantitative estimate of drug-likeness (QED) is 0.333. The maximum atomic E-state index is 14.2. The first-order chi connectivity index (χ1) is 14.6. The fraction of sp³-hybridized carbons (Fsp3) is 0.308. The van der Waals surface area contributed by atoms with Gasteiger partial charge in [-0.2, -0.15) is 0 Å². The molecule has 0 amide bonds. The van der Waals surface area contributed by atoms with Crippen molar-refractivity contribution in [1.29, 1.82) is 0 Å². The Morgan fingerprint density at radius 3 is 2.63 bits per heavy atom. The minimum atomic E-state index is -0.104.